The molecule has 23 heavy (non-hydrogen) atoms. The summed E-state index contributed by atoms with van der Waals surface area (Å²) in [5, 5.41) is 2.85. The standard InChI is InChI=1S/C18H17NO4/c1-22-15-6-2-12(3-7-15)4-9-17(20)19-14-5-8-16-13(10-14)11-23-18(16)21/h2-3,5-8,10H,4,9,11H2,1H3,(H,19,20). The van der Waals surface area contributed by atoms with E-state index in [1.165, 1.54) is 0 Å². The van der Waals surface area contributed by atoms with Gasteiger partial charge >= 0.3 is 5.97 Å². The average Bonchev–Trinajstić information content (AvgIpc) is 2.94. The number of benzene rings is 2. The molecule has 2 aromatic rings. The van der Waals surface area contributed by atoms with Crippen molar-refractivity contribution in [2.24, 2.45) is 0 Å². The highest BCUT2D eigenvalue weighted by Crippen LogP contribution is 2.23. The van der Waals surface area contributed by atoms with Gasteiger partial charge in [0.2, 0.25) is 5.91 Å². The van der Waals surface area contributed by atoms with E-state index < -0.39 is 0 Å². The minimum Gasteiger partial charge on any atom is -0.497 e. The van der Waals surface area contributed by atoms with Crippen molar-refractivity contribution in [3.63, 3.8) is 0 Å². The van der Waals surface area contributed by atoms with Crippen LogP contribution in [-0.2, 0) is 22.6 Å². The molecule has 0 unspecified atom stereocenters. The summed E-state index contributed by atoms with van der Waals surface area (Å²) in [6.07, 6.45) is 1.04. The Morgan fingerprint density at radius 3 is 2.74 bits per heavy atom. The highest BCUT2D eigenvalue weighted by atomic mass is 16.5. The normalized spacial score (nSPS) is 12.5. The first-order valence-corrected chi connectivity index (χ1v) is 7.38. The second-order valence-electron chi connectivity index (χ2n) is 5.34. The number of anilines is 1. The fourth-order valence-electron chi connectivity index (χ4n) is 2.48. The lowest BCUT2D eigenvalue weighted by molar-refractivity contribution is -0.116. The summed E-state index contributed by atoms with van der Waals surface area (Å²) in [7, 11) is 1.62. The number of aryl methyl sites for hydroxylation is 1. The first-order valence-electron chi connectivity index (χ1n) is 7.38. The maximum atomic E-state index is 12.0. The summed E-state index contributed by atoms with van der Waals surface area (Å²) in [6.45, 7) is 0.268. The van der Waals surface area contributed by atoms with Gasteiger partial charge in [0, 0.05) is 17.7 Å². The van der Waals surface area contributed by atoms with Crippen LogP contribution in [0.15, 0.2) is 42.5 Å². The number of nitrogens with one attached hydrogen (secondary N) is 1. The zero-order valence-electron chi connectivity index (χ0n) is 12.8. The summed E-state index contributed by atoms with van der Waals surface area (Å²) in [5.74, 6) is 0.427. The fraction of sp³-hybridized carbons (Fsp3) is 0.222. The Hall–Kier alpha value is -2.82. The minimum absolute atomic E-state index is 0.0639. The molecule has 5 nitrogen and oxygen atoms in total. The van der Waals surface area contributed by atoms with E-state index in [9.17, 15) is 9.59 Å². The molecule has 0 fully saturated rings. The Bertz CT molecular complexity index is 737. The van der Waals surface area contributed by atoms with Crippen molar-refractivity contribution >= 4 is 17.6 Å². The molecule has 0 bridgehead atoms. The summed E-state index contributed by atoms with van der Waals surface area (Å²) < 4.78 is 10.1. The molecule has 1 aliphatic rings. The van der Waals surface area contributed by atoms with Gasteiger partial charge in [-0.15, -0.1) is 0 Å². The zero-order chi connectivity index (χ0) is 16.2. The van der Waals surface area contributed by atoms with Gasteiger partial charge in [-0.2, -0.15) is 0 Å². The van der Waals surface area contributed by atoms with Crippen LogP contribution < -0.4 is 10.1 Å². The Labute approximate surface area is 134 Å². The van der Waals surface area contributed by atoms with Crippen molar-refractivity contribution < 1.29 is 19.1 Å². The van der Waals surface area contributed by atoms with Crippen LogP contribution in [0.25, 0.3) is 0 Å². The Morgan fingerprint density at radius 2 is 2.00 bits per heavy atom. The largest absolute Gasteiger partial charge is 0.497 e. The van der Waals surface area contributed by atoms with E-state index in [0.717, 1.165) is 16.9 Å². The lowest BCUT2D eigenvalue weighted by atomic mass is 10.1. The van der Waals surface area contributed by atoms with Gasteiger partial charge < -0.3 is 14.8 Å². The van der Waals surface area contributed by atoms with Crippen LogP contribution in [-0.4, -0.2) is 19.0 Å². The Kier molecular flexibility index (Phi) is 4.28. The third-order valence-corrected chi connectivity index (χ3v) is 3.77. The number of carbonyl (C=O) groups excluding carboxylic acids is 2. The quantitative estimate of drug-likeness (QED) is 0.862. The Morgan fingerprint density at radius 1 is 1.22 bits per heavy atom. The van der Waals surface area contributed by atoms with Gasteiger partial charge in [0.15, 0.2) is 0 Å². The molecule has 0 spiro atoms. The first-order chi connectivity index (χ1) is 11.2. The number of amides is 1. The second-order valence-corrected chi connectivity index (χ2v) is 5.34. The molecule has 0 saturated carbocycles. The molecular weight excluding hydrogens is 294 g/mol. The van der Waals surface area contributed by atoms with Crippen molar-refractivity contribution in [1.29, 1.82) is 0 Å². The number of hydrogen-bond acceptors (Lipinski definition) is 4. The summed E-state index contributed by atoms with van der Waals surface area (Å²) in [5.41, 5.74) is 3.14. The topological polar surface area (TPSA) is 64.6 Å². The predicted molar refractivity (Wildman–Crippen MR) is 85.5 cm³/mol. The van der Waals surface area contributed by atoms with Crippen LogP contribution in [0.1, 0.15) is 27.9 Å². The molecule has 5 heteroatoms. The molecule has 0 atom stereocenters. The number of cyclic esters (lactones) is 1. The van der Waals surface area contributed by atoms with Crippen LogP contribution in [0.5, 0.6) is 5.75 Å². The van der Waals surface area contributed by atoms with E-state index in [1.807, 2.05) is 24.3 Å². The monoisotopic (exact) mass is 311 g/mol. The summed E-state index contributed by atoms with van der Waals surface area (Å²) in [4.78, 5) is 23.4. The molecule has 1 aliphatic heterocycles. The summed E-state index contributed by atoms with van der Waals surface area (Å²) >= 11 is 0. The average molecular weight is 311 g/mol. The van der Waals surface area contributed by atoms with Crippen molar-refractivity contribution in [3.8, 4) is 5.75 Å². The highest BCUT2D eigenvalue weighted by molar-refractivity contribution is 5.95. The maximum absolute atomic E-state index is 12.0. The SMILES string of the molecule is COc1ccc(CCC(=O)Nc2ccc3c(c2)COC3=O)cc1. The van der Waals surface area contributed by atoms with Crippen LogP contribution in [0.3, 0.4) is 0 Å². The van der Waals surface area contributed by atoms with Gasteiger partial charge in [-0.05, 0) is 42.3 Å². The molecule has 0 saturated heterocycles. The number of rotatable bonds is 5. The lowest BCUT2D eigenvalue weighted by Crippen LogP contribution is -2.12. The maximum Gasteiger partial charge on any atom is 0.338 e. The van der Waals surface area contributed by atoms with Gasteiger partial charge in [0.05, 0.1) is 12.7 Å². The zero-order valence-corrected chi connectivity index (χ0v) is 12.8. The number of fused-ring (bicyclic) bond motifs is 1. The Balaban J connectivity index is 1.56. The predicted octanol–water partition coefficient (Wildman–Crippen LogP) is 2.94. The number of methoxy groups -OCH3 is 1. The molecule has 118 valence electrons. The third-order valence-electron chi connectivity index (χ3n) is 3.77. The molecule has 0 aliphatic carbocycles. The van der Waals surface area contributed by atoms with E-state index in [4.69, 9.17) is 9.47 Å². The van der Waals surface area contributed by atoms with Crippen molar-refractivity contribution in [2.45, 2.75) is 19.4 Å². The molecule has 2 aromatic carbocycles. The number of hydrogen-bond donors (Lipinski definition) is 1. The summed E-state index contributed by atoms with van der Waals surface area (Å²) in [6, 6.07) is 12.8. The van der Waals surface area contributed by atoms with E-state index >= 15 is 0 Å². The molecule has 1 heterocycles. The highest BCUT2D eigenvalue weighted by Gasteiger charge is 2.21. The van der Waals surface area contributed by atoms with Crippen LogP contribution in [0, 0.1) is 0 Å². The van der Waals surface area contributed by atoms with Crippen LogP contribution in [0.4, 0.5) is 5.69 Å². The molecule has 0 radical (unpaired) electrons. The van der Waals surface area contributed by atoms with Gasteiger partial charge in [0.1, 0.15) is 12.4 Å². The third kappa shape index (κ3) is 3.51. The molecular formula is C18H17NO4. The van der Waals surface area contributed by atoms with Crippen molar-refractivity contribution in [1.82, 2.24) is 0 Å². The van der Waals surface area contributed by atoms with E-state index in [2.05, 4.69) is 5.32 Å². The van der Waals surface area contributed by atoms with Gasteiger partial charge in [-0.1, -0.05) is 12.1 Å². The van der Waals surface area contributed by atoms with Crippen molar-refractivity contribution in [3.05, 3.63) is 59.2 Å². The van der Waals surface area contributed by atoms with Crippen LogP contribution in [0.2, 0.25) is 0 Å². The molecule has 0 aromatic heterocycles. The number of ether oxygens (including phenoxy) is 2. The first kappa shape index (κ1) is 15.1. The van der Waals surface area contributed by atoms with Gasteiger partial charge in [-0.3, -0.25) is 4.79 Å². The number of esters is 1. The van der Waals surface area contributed by atoms with E-state index in [-0.39, 0.29) is 18.5 Å². The lowest BCUT2D eigenvalue weighted by Gasteiger charge is -2.07. The smallest absolute Gasteiger partial charge is 0.338 e. The van der Waals surface area contributed by atoms with E-state index in [0.29, 0.717) is 24.1 Å². The molecule has 1 amide bonds. The van der Waals surface area contributed by atoms with E-state index in [1.54, 1.807) is 25.3 Å². The molecule has 1 N–H and O–H groups in total. The second kappa shape index (κ2) is 6.52. The minimum atomic E-state index is -0.308. The van der Waals surface area contributed by atoms with Crippen LogP contribution >= 0.6 is 0 Å². The fourth-order valence-corrected chi connectivity index (χ4v) is 2.48. The molecule has 3 rings (SSSR count). The van der Waals surface area contributed by atoms with Crippen molar-refractivity contribution in [2.75, 3.05) is 12.4 Å². The number of carbonyl (C=O) groups is 2. The van der Waals surface area contributed by atoms with Gasteiger partial charge in [0.25, 0.3) is 0 Å². The van der Waals surface area contributed by atoms with Gasteiger partial charge in [-0.25, -0.2) is 4.79 Å².